The number of hydrogen-bond donors (Lipinski definition) is 0. The van der Waals surface area contributed by atoms with Gasteiger partial charge in [-0.15, -0.1) is 0 Å². The van der Waals surface area contributed by atoms with E-state index in [1.54, 1.807) is 0 Å². The lowest BCUT2D eigenvalue weighted by molar-refractivity contribution is 0.0296. The van der Waals surface area contributed by atoms with Crippen molar-refractivity contribution in [3.8, 4) is 0 Å². The molecule has 1 aromatic rings. The van der Waals surface area contributed by atoms with Crippen molar-refractivity contribution in [1.82, 2.24) is 9.80 Å². The van der Waals surface area contributed by atoms with Crippen molar-refractivity contribution in [3.05, 3.63) is 35.4 Å². The molecule has 3 heteroatoms. The van der Waals surface area contributed by atoms with E-state index in [9.17, 15) is 0 Å². The molecule has 3 nitrogen and oxygen atoms in total. The summed E-state index contributed by atoms with van der Waals surface area (Å²) in [6.45, 7) is 8.25. The summed E-state index contributed by atoms with van der Waals surface area (Å²) in [7, 11) is 4.17. The maximum Gasteiger partial charge on any atom is 0.0625 e. The van der Waals surface area contributed by atoms with Crippen molar-refractivity contribution in [2.45, 2.75) is 38.9 Å². The lowest BCUT2D eigenvalue weighted by Gasteiger charge is -2.39. The van der Waals surface area contributed by atoms with E-state index in [1.807, 2.05) is 0 Å². The van der Waals surface area contributed by atoms with Gasteiger partial charge in [0.1, 0.15) is 0 Å². The van der Waals surface area contributed by atoms with Crippen molar-refractivity contribution in [2.24, 2.45) is 0 Å². The molecule has 1 atom stereocenters. The quantitative estimate of drug-likeness (QED) is 0.742. The summed E-state index contributed by atoms with van der Waals surface area (Å²) < 4.78 is 5.90. The van der Waals surface area contributed by atoms with Gasteiger partial charge >= 0.3 is 0 Å². The van der Waals surface area contributed by atoms with Crippen LogP contribution in [0.15, 0.2) is 24.3 Å². The van der Waals surface area contributed by atoms with E-state index < -0.39 is 0 Å². The van der Waals surface area contributed by atoms with Crippen molar-refractivity contribution in [2.75, 3.05) is 33.9 Å². The SMILES string of the molecule is CC(C)N1Cc2ccccc2C[C@H]1COCCN(C)C. The van der Waals surface area contributed by atoms with Crippen LogP contribution in [0, 0.1) is 0 Å². The summed E-state index contributed by atoms with van der Waals surface area (Å²) >= 11 is 0. The predicted octanol–water partition coefficient (Wildman–Crippen LogP) is 2.40. The molecule has 0 amide bonds. The van der Waals surface area contributed by atoms with Crippen LogP contribution in [-0.2, 0) is 17.7 Å². The van der Waals surface area contributed by atoms with Crippen LogP contribution < -0.4 is 0 Å². The van der Waals surface area contributed by atoms with Crippen LogP contribution in [0.3, 0.4) is 0 Å². The molecule has 0 spiro atoms. The van der Waals surface area contributed by atoms with Gasteiger partial charge in [0.2, 0.25) is 0 Å². The fraction of sp³-hybridized carbons (Fsp3) is 0.647. The zero-order valence-corrected chi connectivity index (χ0v) is 13.3. The Kier molecular flexibility index (Phi) is 5.58. The fourth-order valence-electron chi connectivity index (χ4n) is 2.83. The van der Waals surface area contributed by atoms with E-state index in [0.717, 1.165) is 32.7 Å². The summed E-state index contributed by atoms with van der Waals surface area (Å²) in [5.41, 5.74) is 2.97. The van der Waals surface area contributed by atoms with Crippen LogP contribution in [0.1, 0.15) is 25.0 Å². The van der Waals surface area contributed by atoms with Crippen molar-refractivity contribution >= 4 is 0 Å². The highest BCUT2D eigenvalue weighted by molar-refractivity contribution is 5.30. The molecule has 0 saturated heterocycles. The molecule has 0 unspecified atom stereocenters. The van der Waals surface area contributed by atoms with Crippen LogP contribution in [0.4, 0.5) is 0 Å². The summed E-state index contributed by atoms with van der Waals surface area (Å²) in [5.74, 6) is 0. The minimum atomic E-state index is 0.507. The molecule has 0 aliphatic carbocycles. The molecule has 1 aliphatic heterocycles. The molecule has 0 aromatic heterocycles. The predicted molar refractivity (Wildman–Crippen MR) is 84.0 cm³/mol. The van der Waals surface area contributed by atoms with Gasteiger partial charge in [-0.25, -0.2) is 0 Å². The molecule has 1 aliphatic rings. The summed E-state index contributed by atoms with van der Waals surface area (Å²) in [6, 6.07) is 9.88. The molecule has 0 fully saturated rings. The first kappa shape index (κ1) is 15.5. The minimum absolute atomic E-state index is 0.507. The molecule has 0 N–H and O–H groups in total. The first-order chi connectivity index (χ1) is 9.58. The average molecular weight is 276 g/mol. The number of hydrogen-bond acceptors (Lipinski definition) is 3. The Morgan fingerprint density at radius 2 is 1.95 bits per heavy atom. The van der Waals surface area contributed by atoms with Crippen LogP contribution in [0.2, 0.25) is 0 Å². The van der Waals surface area contributed by atoms with Gasteiger partial charge in [0.05, 0.1) is 13.2 Å². The number of benzene rings is 1. The summed E-state index contributed by atoms with van der Waals surface area (Å²) in [4.78, 5) is 4.73. The monoisotopic (exact) mass is 276 g/mol. The van der Waals surface area contributed by atoms with Crippen molar-refractivity contribution < 1.29 is 4.74 Å². The maximum absolute atomic E-state index is 5.90. The first-order valence-electron chi connectivity index (χ1n) is 7.63. The number of ether oxygens (including phenoxy) is 1. The summed E-state index contributed by atoms with van der Waals surface area (Å²) in [6.07, 6.45) is 1.11. The van der Waals surface area contributed by atoms with Gasteiger partial charge in [0.25, 0.3) is 0 Å². The molecule has 1 aromatic carbocycles. The highest BCUT2D eigenvalue weighted by atomic mass is 16.5. The minimum Gasteiger partial charge on any atom is -0.378 e. The van der Waals surface area contributed by atoms with Gasteiger partial charge in [-0.1, -0.05) is 24.3 Å². The van der Waals surface area contributed by atoms with Crippen LogP contribution >= 0.6 is 0 Å². The normalized spacial score (nSPS) is 19.6. The number of rotatable bonds is 6. The molecule has 0 radical (unpaired) electrons. The third-order valence-electron chi connectivity index (χ3n) is 4.05. The van der Waals surface area contributed by atoms with Crippen molar-refractivity contribution in [1.29, 1.82) is 0 Å². The van der Waals surface area contributed by atoms with E-state index >= 15 is 0 Å². The number of nitrogens with zero attached hydrogens (tertiary/aromatic N) is 2. The fourth-order valence-corrected chi connectivity index (χ4v) is 2.83. The Hall–Kier alpha value is -0.900. The number of likely N-dealkylation sites (N-methyl/N-ethyl adjacent to an activating group) is 1. The molecule has 20 heavy (non-hydrogen) atoms. The Balaban J connectivity index is 1.96. The van der Waals surface area contributed by atoms with Crippen LogP contribution in [0.5, 0.6) is 0 Å². The zero-order valence-electron chi connectivity index (χ0n) is 13.3. The topological polar surface area (TPSA) is 15.7 Å². The smallest absolute Gasteiger partial charge is 0.0625 e. The second-order valence-corrected chi connectivity index (χ2v) is 6.27. The Morgan fingerprint density at radius 1 is 1.25 bits per heavy atom. The maximum atomic E-state index is 5.90. The molecular formula is C17H28N2O. The Morgan fingerprint density at radius 3 is 2.60 bits per heavy atom. The Labute approximate surface area is 123 Å². The molecule has 0 bridgehead atoms. The van der Waals surface area contributed by atoms with E-state index in [2.05, 4.69) is 62.0 Å². The van der Waals surface area contributed by atoms with Gasteiger partial charge in [-0.2, -0.15) is 0 Å². The van der Waals surface area contributed by atoms with Gasteiger partial charge in [-0.3, -0.25) is 4.90 Å². The van der Waals surface area contributed by atoms with Gasteiger partial charge in [0.15, 0.2) is 0 Å². The Bertz CT molecular complexity index is 417. The highest BCUT2D eigenvalue weighted by Gasteiger charge is 2.27. The van der Waals surface area contributed by atoms with E-state index in [1.165, 1.54) is 11.1 Å². The standard InChI is InChI=1S/C17H28N2O/c1-14(2)19-12-16-8-6-5-7-15(16)11-17(19)13-20-10-9-18(3)4/h5-8,14,17H,9-13H2,1-4H3/t17-/m0/s1. The molecule has 2 rings (SSSR count). The summed E-state index contributed by atoms with van der Waals surface area (Å²) in [5, 5.41) is 0. The largest absolute Gasteiger partial charge is 0.378 e. The third-order valence-corrected chi connectivity index (χ3v) is 4.05. The molecule has 1 heterocycles. The lowest BCUT2D eigenvalue weighted by atomic mass is 9.93. The zero-order chi connectivity index (χ0) is 14.5. The second-order valence-electron chi connectivity index (χ2n) is 6.27. The second kappa shape index (κ2) is 7.21. The van der Waals surface area contributed by atoms with E-state index in [-0.39, 0.29) is 0 Å². The lowest BCUT2D eigenvalue weighted by Crippen LogP contribution is -2.47. The first-order valence-corrected chi connectivity index (χ1v) is 7.63. The number of fused-ring (bicyclic) bond motifs is 1. The van der Waals surface area contributed by atoms with Crippen molar-refractivity contribution in [3.63, 3.8) is 0 Å². The van der Waals surface area contributed by atoms with Gasteiger partial charge < -0.3 is 9.64 Å². The van der Waals surface area contributed by atoms with Crippen LogP contribution in [0.25, 0.3) is 0 Å². The third kappa shape index (κ3) is 4.05. The van der Waals surface area contributed by atoms with Gasteiger partial charge in [-0.05, 0) is 45.5 Å². The average Bonchev–Trinajstić information content (AvgIpc) is 2.42. The van der Waals surface area contributed by atoms with E-state index in [4.69, 9.17) is 4.74 Å². The van der Waals surface area contributed by atoms with Gasteiger partial charge in [0, 0.05) is 25.2 Å². The van der Waals surface area contributed by atoms with Crippen LogP contribution in [-0.4, -0.2) is 55.7 Å². The molecule has 0 saturated carbocycles. The molecular weight excluding hydrogens is 248 g/mol. The molecule has 112 valence electrons. The highest BCUT2D eigenvalue weighted by Crippen LogP contribution is 2.25. The van der Waals surface area contributed by atoms with E-state index in [0.29, 0.717) is 12.1 Å².